The van der Waals surface area contributed by atoms with E-state index in [2.05, 4.69) is 0 Å². The van der Waals surface area contributed by atoms with Gasteiger partial charge in [0.15, 0.2) is 0 Å². The molecule has 0 aromatic heterocycles. The number of hydrogen-bond acceptors (Lipinski definition) is 1. The quantitative estimate of drug-likeness (QED) is 0.620. The summed E-state index contributed by atoms with van der Waals surface area (Å²) < 4.78 is 0. The SMILES string of the molecule is NCC[C@H]1C[C@@H]2CC[C@H]1C2. The number of hydrogen-bond donors (Lipinski definition) is 1. The Morgan fingerprint density at radius 1 is 1.20 bits per heavy atom. The molecule has 2 saturated carbocycles. The van der Waals surface area contributed by atoms with Gasteiger partial charge in [-0.15, -0.1) is 0 Å². The van der Waals surface area contributed by atoms with Crippen LogP contribution in [0.4, 0.5) is 0 Å². The first-order valence-corrected chi connectivity index (χ1v) is 4.60. The first-order chi connectivity index (χ1) is 4.90. The van der Waals surface area contributed by atoms with Gasteiger partial charge in [0.2, 0.25) is 0 Å². The number of fused-ring (bicyclic) bond motifs is 2. The van der Waals surface area contributed by atoms with E-state index in [1.807, 2.05) is 0 Å². The molecule has 2 rings (SSSR count). The van der Waals surface area contributed by atoms with Gasteiger partial charge < -0.3 is 5.73 Å². The van der Waals surface area contributed by atoms with Crippen molar-refractivity contribution in [1.29, 1.82) is 0 Å². The second-order valence-corrected chi connectivity index (χ2v) is 4.01. The van der Waals surface area contributed by atoms with Crippen LogP contribution in [0, 0.1) is 17.8 Å². The molecule has 0 saturated heterocycles. The maximum Gasteiger partial charge on any atom is -0.00745 e. The number of rotatable bonds is 2. The molecule has 0 aromatic rings. The summed E-state index contributed by atoms with van der Waals surface area (Å²) in [5.74, 6) is 3.19. The van der Waals surface area contributed by atoms with E-state index in [1.165, 1.54) is 32.1 Å². The van der Waals surface area contributed by atoms with Gasteiger partial charge in [-0.1, -0.05) is 6.42 Å². The Bertz CT molecular complexity index is 122. The van der Waals surface area contributed by atoms with Gasteiger partial charge in [-0.25, -0.2) is 0 Å². The zero-order valence-corrected chi connectivity index (χ0v) is 6.55. The standard InChI is InChI=1S/C9H17N/c10-4-3-9-6-7-1-2-8(9)5-7/h7-9H,1-6,10H2/t7-,8+,9+/m1/s1. The van der Waals surface area contributed by atoms with Gasteiger partial charge in [0.1, 0.15) is 0 Å². The Balaban J connectivity index is 1.90. The molecule has 2 aliphatic carbocycles. The van der Waals surface area contributed by atoms with Crippen molar-refractivity contribution in [3.63, 3.8) is 0 Å². The predicted octanol–water partition coefficient (Wildman–Crippen LogP) is 1.77. The van der Waals surface area contributed by atoms with Gasteiger partial charge in [0, 0.05) is 0 Å². The van der Waals surface area contributed by atoms with Gasteiger partial charge in [-0.05, 0) is 50.0 Å². The molecule has 3 atom stereocenters. The molecule has 0 heterocycles. The molecule has 0 amide bonds. The first kappa shape index (κ1) is 6.66. The molecular formula is C9H17N. The van der Waals surface area contributed by atoms with E-state index < -0.39 is 0 Å². The van der Waals surface area contributed by atoms with Gasteiger partial charge in [0.05, 0.1) is 0 Å². The summed E-state index contributed by atoms with van der Waals surface area (Å²) in [4.78, 5) is 0. The Hall–Kier alpha value is -0.0400. The first-order valence-electron chi connectivity index (χ1n) is 4.60. The van der Waals surface area contributed by atoms with Crippen LogP contribution >= 0.6 is 0 Å². The zero-order valence-electron chi connectivity index (χ0n) is 6.55. The topological polar surface area (TPSA) is 26.0 Å². The van der Waals surface area contributed by atoms with Crippen molar-refractivity contribution in [2.24, 2.45) is 23.5 Å². The number of nitrogens with two attached hydrogens (primary N) is 1. The van der Waals surface area contributed by atoms with Crippen molar-refractivity contribution in [3.05, 3.63) is 0 Å². The summed E-state index contributed by atoms with van der Waals surface area (Å²) in [5.41, 5.74) is 5.54. The van der Waals surface area contributed by atoms with Crippen LogP contribution < -0.4 is 5.73 Å². The van der Waals surface area contributed by atoms with Crippen molar-refractivity contribution >= 4 is 0 Å². The Kier molecular flexibility index (Phi) is 1.69. The summed E-state index contributed by atoms with van der Waals surface area (Å²) in [6.45, 7) is 0.911. The molecule has 0 aromatic carbocycles. The molecule has 2 aliphatic rings. The highest BCUT2D eigenvalue weighted by atomic mass is 14.5. The van der Waals surface area contributed by atoms with E-state index in [0.717, 1.165) is 24.3 Å². The fourth-order valence-electron chi connectivity index (χ4n) is 2.94. The van der Waals surface area contributed by atoms with Crippen LogP contribution in [0.25, 0.3) is 0 Å². The summed E-state index contributed by atoms with van der Waals surface area (Å²) >= 11 is 0. The molecule has 2 bridgehead atoms. The fraction of sp³-hybridized carbons (Fsp3) is 1.00. The third-order valence-corrected chi connectivity index (χ3v) is 3.42. The van der Waals surface area contributed by atoms with Crippen LogP contribution in [0.5, 0.6) is 0 Å². The summed E-state index contributed by atoms with van der Waals surface area (Å²) in [6, 6.07) is 0. The van der Waals surface area contributed by atoms with Crippen LogP contribution in [0.2, 0.25) is 0 Å². The van der Waals surface area contributed by atoms with Gasteiger partial charge in [0.25, 0.3) is 0 Å². The molecule has 0 unspecified atom stereocenters. The summed E-state index contributed by atoms with van der Waals surface area (Å²) in [6.07, 6.45) is 7.36. The lowest BCUT2D eigenvalue weighted by Crippen LogP contribution is -2.14. The lowest BCUT2D eigenvalue weighted by Gasteiger charge is -2.20. The normalized spacial score (nSPS) is 44.7. The maximum atomic E-state index is 5.54. The van der Waals surface area contributed by atoms with Gasteiger partial charge in [-0.3, -0.25) is 0 Å². The molecule has 0 aliphatic heterocycles. The highest BCUT2D eigenvalue weighted by Gasteiger charge is 2.38. The molecule has 2 fully saturated rings. The molecule has 58 valence electrons. The second-order valence-electron chi connectivity index (χ2n) is 4.01. The highest BCUT2D eigenvalue weighted by Crippen LogP contribution is 2.49. The fourth-order valence-corrected chi connectivity index (χ4v) is 2.94. The van der Waals surface area contributed by atoms with E-state index in [9.17, 15) is 0 Å². The average molecular weight is 139 g/mol. The third-order valence-electron chi connectivity index (χ3n) is 3.42. The minimum absolute atomic E-state index is 0.911. The lowest BCUT2D eigenvalue weighted by molar-refractivity contribution is 0.318. The summed E-state index contributed by atoms with van der Waals surface area (Å²) in [5, 5.41) is 0. The van der Waals surface area contributed by atoms with Crippen LogP contribution in [-0.2, 0) is 0 Å². The Morgan fingerprint density at radius 2 is 2.10 bits per heavy atom. The Labute approximate surface area is 63.0 Å². The molecule has 1 heteroatoms. The molecule has 10 heavy (non-hydrogen) atoms. The maximum absolute atomic E-state index is 5.54. The predicted molar refractivity (Wildman–Crippen MR) is 42.6 cm³/mol. The molecule has 2 N–H and O–H groups in total. The monoisotopic (exact) mass is 139 g/mol. The molecule has 1 nitrogen and oxygen atoms in total. The molecule has 0 spiro atoms. The van der Waals surface area contributed by atoms with Crippen molar-refractivity contribution in [1.82, 2.24) is 0 Å². The Morgan fingerprint density at radius 3 is 2.60 bits per heavy atom. The lowest BCUT2D eigenvalue weighted by atomic mass is 9.86. The van der Waals surface area contributed by atoms with Crippen molar-refractivity contribution in [2.45, 2.75) is 32.1 Å². The average Bonchev–Trinajstić information content (AvgIpc) is 2.48. The van der Waals surface area contributed by atoms with E-state index in [0.29, 0.717) is 0 Å². The molecular weight excluding hydrogens is 122 g/mol. The van der Waals surface area contributed by atoms with Crippen molar-refractivity contribution < 1.29 is 0 Å². The van der Waals surface area contributed by atoms with Gasteiger partial charge in [-0.2, -0.15) is 0 Å². The molecule has 0 radical (unpaired) electrons. The zero-order chi connectivity index (χ0) is 6.97. The second kappa shape index (κ2) is 2.54. The van der Waals surface area contributed by atoms with Gasteiger partial charge >= 0.3 is 0 Å². The van der Waals surface area contributed by atoms with E-state index in [1.54, 1.807) is 0 Å². The van der Waals surface area contributed by atoms with E-state index in [4.69, 9.17) is 5.73 Å². The minimum atomic E-state index is 0.911. The van der Waals surface area contributed by atoms with Crippen LogP contribution in [0.3, 0.4) is 0 Å². The van der Waals surface area contributed by atoms with Crippen LogP contribution in [0.15, 0.2) is 0 Å². The highest BCUT2D eigenvalue weighted by molar-refractivity contribution is 4.89. The third kappa shape index (κ3) is 0.968. The van der Waals surface area contributed by atoms with E-state index >= 15 is 0 Å². The largest absolute Gasteiger partial charge is 0.330 e. The van der Waals surface area contributed by atoms with Crippen molar-refractivity contribution in [2.75, 3.05) is 6.54 Å². The summed E-state index contributed by atoms with van der Waals surface area (Å²) in [7, 11) is 0. The van der Waals surface area contributed by atoms with Crippen LogP contribution in [-0.4, -0.2) is 6.54 Å². The smallest absolute Gasteiger partial charge is 0.00745 e. The van der Waals surface area contributed by atoms with Crippen LogP contribution in [0.1, 0.15) is 32.1 Å². The van der Waals surface area contributed by atoms with Crippen molar-refractivity contribution in [3.8, 4) is 0 Å². The minimum Gasteiger partial charge on any atom is -0.330 e. The van der Waals surface area contributed by atoms with E-state index in [-0.39, 0.29) is 0 Å².